The topological polar surface area (TPSA) is 47.0 Å². The van der Waals surface area contributed by atoms with Crippen molar-refractivity contribution in [3.63, 3.8) is 0 Å². The molecule has 4 nitrogen and oxygen atoms in total. The zero-order valence-electron chi connectivity index (χ0n) is 9.65. The Labute approximate surface area is 97.8 Å². The third-order valence-electron chi connectivity index (χ3n) is 3.13. The van der Waals surface area contributed by atoms with Crippen molar-refractivity contribution in [1.29, 1.82) is 0 Å². The molecule has 0 saturated heterocycles. The first-order chi connectivity index (χ1) is 8.26. The van der Waals surface area contributed by atoms with Gasteiger partial charge in [-0.2, -0.15) is 0 Å². The van der Waals surface area contributed by atoms with Crippen molar-refractivity contribution in [3.8, 4) is 5.75 Å². The Morgan fingerprint density at radius 2 is 2.24 bits per heavy atom. The van der Waals surface area contributed by atoms with Crippen molar-refractivity contribution in [1.82, 2.24) is 9.55 Å². The summed E-state index contributed by atoms with van der Waals surface area (Å²) in [6.07, 6.45) is 0.825. The number of hydrogen-bond acceptors (Lipinski definition) is 2. The Kier molecular flexibility index (Phi) is 1.98. The molecule has 0 unspecified atom stereocenters. The number of nitrogens with zero attached hydrogens (tertiary/aromatic N) is 1. The second kappa shape index (κ2) is 3.38. The van der Waals surface area contributed by atoms with Gasteiger partial charge >= 0.3 is 0 Å². The highest BCUT2D eigenvalue weighted by Crippen LogP contribution is 2.33. The Balaban J connectivity index is 2.52. The molecule has 0 saturated carbocycles. The normalized spacial score (nSPS) is 11.2. The number of aryl methyl sites for hydroxylation is 1. The van der Waals surface area contributed by atoms with Gasteiger partial charge in [0.15, 0.2) is 6.29 Å². The first-order valence-electron chi connectivity index (χ1n) is 5.35. The number of aromatic nitrogens is 2. The minimum absolute atomic E-state index is 0.593. The molecule has 0 amide bonds. The molecule has 1 N–H and O–H groups in total. The van der Waals surface area contributed by atoms with E-state index in [9.17, 15) is 4.79 Å². The van der Waals surface area contributed by atoms with E-state index >= 15 is 0 Å². The van der Waals surface area contributed by atoms with Gasteiger partial charge < -0.3 is 14.3 Å². The standard InChI is InChI=1S/C13H12N2O2/c1-15-10-6-8(7-16)14-12(10)9-4-3-5-11(17-2)13(9)15/h3-7,14H,1-2H3. The van der Waals surface area contributed by atoms with Gasteiger partial charge in [0, 0.05) is 12.4 Å². The van der Waals surface area contributed by atoms with E-state index in [-0.39, 0.29) is 0 Å². The fraction of sp³-hybridized carbons (Fsp3) is 0.154. The van der Waals surface area contributed by atoms with E-state index in [2.05, 4.69) is 4.98 Å². The van der Waals surface area contributed by atoms with Gasteiger partial charge in [0.05, 0.1) is 29.4 Å². The second-order valence-electron chi connectivity index (χ2n) is 4.02. The molecule has 0 aliphatic heterocycles. The minimum atomic E-state index is 0.593. The average molecular weight is 228 g/mol. The van der Waals surface area contributed by atoms with Crippen LogP contribution in [0.2, 0.25) is 0 Å². The Morgan fingerprint density at radius 3 is 2.94 bits per heavy atom. The molecule has 0 bridgehead atoms. The van der Waals surface area contributed by atoms with Gasteiger partial charge in [-0.15, -0.1) is 0 Å². The monoisotopic (exact) mass is 228 g/mol. The van der Waals surface area contributed by atoms with Crippen LogP contribution in [0.1, 0.15) is 10.5 Å². The van der Waals surface area contributed by atoms with Gasteiger partial charge in [0.1, 0.15) is 5.75 Å². The highest BCUT2D eigenvalue weighted by molar-refractivity contribution is 6.09. The molecule has 17 heavy (non-hydrogen) atoms. The number of ether oxygens (including phenoxy) is 1. The molecule has 3 rings (SSSR count). The number of aromatic amines is 1. The molecule has 0 radical (unpaired) electrons. The van der Waals surface area contributed by atoms with Crippen molar-refractivity contribution in [2.24, 2.45) is 7.05 Å². The third kappa shape index (κ3) is 1.21. The van der Waals surface area contributed by atoms with E-state index in [1.165, 1.54) is 0 Å². The lowest BCUT2D eigenvalue weighted by atomic mass is 10.2. The van der Waals surface area contributed by atoms with Crippen LogP contribution in [-0.2, 0) is 7.05 Å². The summed E-state index contributed by atoms with van der Waals surface area (Å²) in [5.74, 6) is 0.835. The zero-order chi connectivity index (χ0) is 12.0. The van der Waals surface area contributed by atoms with Crippen LogP contribution in [0.4, 0.5) is 0 Å². The zero-order valence-corrected chi connectivity index (χ0v) is 9.65. The van der Waals surface area contributed by atoms with Crippen molar-refractivity contribution in [3.05, 3.63) is 30.0 Å². The third-order valence-corrected chi connectivity index (χ3v) is 3.13. The maximum absolute atomic E-state index is 10.8. The number of nitrogens with one attached hydrogen (secondary N) is 1. The first kappa shape index (κ1) is 9.96. The van der Waals surface area contributed by atoms with Gasteiger partial charge in [-0.1, -0.05) is 12.1 Å². The van der Waals surface area contributed by atoms with E-state index in [4.69, 9.17) is 4.74 Å². The molecule has 4 heteroatoms. The number of rotatable bonds is 2. The summed E-state index contributed by atoms with van der Waals surface area (Å²) in [7, 11) is 3.63. The first-order valence-corrected chi connectivity index (χ1v) is 5.35. The smallest absolute Gasteiger partial charge is 0.166 e. The summed E-state index contributed by atoms with van der Waals surface area (Å²) in [5, 5.41) is 1.06. The van der Waals surface area contributed by atoms with Crippen LogP contribution in [-0.4, -0.2) is 22.9 Å². The van der Waals surface area contributed by atoms with E-state index in [0.29, 0.717) is 5.69 Å². The highest BCUT2D eigenvalue weighted by atomic mass is 16.5. The van der Waals surface area contributed by atoms with Gasteiger partial charge in [-0.25, -0.2) is 0 Å². The fourth-order valence-corrected chi connectivity index (χ4v) is 2.35. The van der Waals surface area contributed by atoms with E-state index in [1.54, 1.807) is 7.11 Å². The number of carbonyl (C=O) groups excluding carboxylic acids is 1. The van der Waals surface area contributed by atoms with Gasteiger partial charge in [0.2, 0.25) is 0 Å². The SMILES string of the molecule is COc1cccc2c3[nH]c(C=O)cc3n(C)c12. The number of para-hydroxylation sites is 1. The maximum atomic E-state index is 10.8. The van der Waals surface area contributed by atoms with Crippen LogP contribution in [0.25, 0.3) is 21.9 Å². The number of aldehydes is 1. The molecule has 86 valence electrons. The van der Waals surface area contributed by atoms with Crippen LogP contribution in [0, 0.1) is 0 Å². The predicted octanol–water partition coefficient (Wildman–Crippen LogP) is 2.48. The molecule has 0 aliphatic carbocycles. The van der Waals surface area contributed by atoms with Gasteiger partial charge in [-0.05, 0) is 12.1 Å². The number of benzene rings is 1. The van der Waals surface area contributed by atoms with Gasteiger partial charge in [-0.3, -0.25) is 4.79 Å². The largest absolute Gasteiger partial charge is 0.495 e. The van der Waals surface area contributed by atoms with Gasteiger partial charge in [0.25, 0.3) is 0 Å². The molecule has 2 aromatic heterocycles. The van der Waals surface area contributed by atoms with E-state index in [0.717, 1.165) is 34.0 Å². The van der Waals surface area contributed by atoms with Crippen LogP contribution in [0.5, 0.6) is 5.75 Å². The lowest BCUT2D eigenvalue weighted by molar-refractivity contribution is 0.112. The highest BCUT2D eigenvalue weighted by Gasteiger charge is 2.14. The Hall–Kier alpha value is -2.23. The molecule has 2 heterocycles. The quantitative estimate of drug-likeness (QED) is 0.685. The average Bonchev–Trinajstić information content (AvgIpc) is 2.89. The van der Waals surface area contributed by atoms with Crippen LogP contribution < -0.4 is 4.74 Å². The summed E-state index contributed by atoms with van der Waals surface area (Å²) in [4.78, 5) is 13.9. The molecular weight excluding hydrogens is 216 g/mol. The second-order valence-corrected chi connectivity index (χ2v) is 4.02. The summed E-state index contributed by atoms with van der Waals surface area (Å²) in [6.45, 7) is 0. The van der Waals surface area contributed by atoms with Crippen molar-refractivity contribution >= 4 is 28.2 Å². The lowest BCUT2D eigenvalue weighted by Crippen LogP contribution is -1.91. The number of carbonyl (C=O) groups is 1. The molecule has 0 aliphatic rings. The number of fused-ring (bicyclic) bond motifs is 3. The van der Waals surface area contributed by atoms with E-state index < -0.39 is 0 Å². The number of hydrogen-bond donors (Lipinski definition) is 1. The molecular formula is C13H12N2O2. The summed E-state index contributed by atoms with van der Waals surface area (Å²) < 4.78 is 7.39. The maximum Gasteiger partial charge on any atom is 0.166 e. The van der Waals surface area contributed by atoms with Crippen molar-refractivity contribution < 1.29 is 9.53 Å². The summed E-state index contributed by atoms with van der Waals surface area (Å²) >= 11 is 0. The van der Waals surface area contributed by atoms with Crippen LogP contribution in [0.3, 0.4) is 0 Å². The molecule has 0 spiro atoms. The molecule has 0 fully saturated rings. The van der Waals surface area contributed by atoms with Crippen molar-refractivity contribution in [2.75, 3.05) is 7.11 Å². The summed E-state index contributed by atoms with van der Waals surface area (Å²) in [5.41, 5.74) is 3.61. The Bertz CT molecular complexity index is 722. The Morgan fingerprint density at radius 1 is 1.41 bits per heavy atom. The fourth-order valence-electron chi connectivity index (χ4n) is 2.35. The van der Waals surface area contributed by atoms with Crippen molar-refractivity contribution in [2.45, 2.75) is 0 Å². The minimum Gasteiger partial charge on any atom is -0.495 e. The number of methoxy groups -OCH3 is 1. The molecule has 3 aromatic rings. The lowest BCUT2D eigenvalue weighted by Gasteiger charge is -2.04. The molecule has 0 atom stereocenters. The summed E-state index contributed by atoms with van der Waals surface area (Å²) in [6, 6.07) is 7.75. The predicted molar refractivity (Wildman–Crippen MR) is 66.7 cm³/mol. The number of H-pyrrole nitrogens is 1. The van der Waals surface area contributed by atoms with Crippen LogP contribution >= 0.6 is 0 Å². The van der Waals surface area contributed by atoms with E-state index in [1.807, 2.05) is 35.9 Å². The van der Waals surface area contributed by atoms with Crippen LogP contribution in [0.15, 0.2) is 24.3 Å². The molecule has 1 aromatic carbocycles.